The molecule has 0 aliphatic rings. The molecule has 1 aromatic rings. The molecular formula is C13H18F3NO. The molecule has 5 heteroatoms. The maximum Gasteiger partial charge on any atom is 0.389 e. The standard InChI is InChI=1S/C13H18F3NO/c1-10(17-8-4-7-13(14,15)16)11-5-3-6-12(9-11)18-2/h3,5-6,9-10,17H,4,7-8H2,1-2H3. The highest BCUT2D eigenvalue weighted by molar-refractivity contribution is 5.30. The summed E-state index contributed by atoms with van der Waals surface area (Å²) >= 11 is 0. The van der Waals surface area contributed by atoms with Gasteiger partial charge in [0.1, 0.15) is 5.75 Å². The van der Waals surface area contributed by atoms with Gasteiger partial charge in [-0.25, -0.2) is 0 Å². The average Bonchev–Trinajstić information content (AvgIpc) is 2.33. The summed E-state index contributed by atoms with van der Waals surface area (Å²) in [6.45, 7) is 2.26. The topological polar surface area (TPSA) is 21.3 Å². The summed E-state index contributed by atoms with van der Waals surface area (Å²) in [4.78, 5) is 0. The Bertz CT molecular complexity index is 365. The first-order chi connectivity index (χ1) is 8.42. The molecule has 0 fully saturated rings. The molecular weight excluding hydrogens is 243 g/mol. The lowest BCUT2D eigenvalue weighted by molar-refractivity contribution is -0.135. The zero-order chi connectivity index (χ0) is 13.6. The summed E-state index contributed by atoms with van der Waals surface area (Å²) in [5.74, 6) is 0.747. The first-order valence-electron chi connectivity index (χ1n) is 5.86. The summed E-state index contributed by atoms with van der Waals surface area (Å²) < 4.78 is 41.0. The number of hydrogen-bond acceptors (Lipinski definition) is 2. The molecule has 2 nitrogen and oxygen atoms in total. The molecule has 0 saturated carbocycles. The van der Waals surface area contributed by atoms with Gasteiger partial charge in [0, 0.05) is 12.5 Å². The minimum atomic E-state index is -4.07. The van der Waals surface area contributed by atoms with Crippen molar-refractivity contribution in [2.75, 3.05) is 13.7 Å². The maximum absolute atomic E-state index is 12.0. The van der Waals surface area contributed by atoms with E-state index in [4.69, 9.17) is 4.74 Å². The van der Waals surface area contributed by atoms with E-state index >= 15 is 0 Å². The molecule has 0 bridgehead atoms. The van der Waals surface area contributed by atoms with E-state index in [1.165, 1.54) is 0 Å². The van der Waals surface area contributed by atoms with Gasteiger partial charge < -0.3 is 10.1 Å². The number of ether oxygens (including phenoxy) is 1. The molecule has 1 aromatic carbocycles. The Kier molecular flexibility index (Phi) is 5.47. The van der Waals surface area contributed by atoms with Gasteiger partial charge in [0.15, 0.2) is 0 Å². The first kappa shape index (κ1) is 14.8. The smallest absolute Gasteiger partial charge is 0.389 e. The van der Waals surface area contributed by atoms with Crippen molar-refractivity contribution in [1.82, 2.24) is 5.32 Å². The van der Waals surface area contributed by atoms with Crippen LogP contribution < -0.4 is 10.1 Å². The van der Waals surface area contributed by atoms with E-state index in [0.29, 0.717) is 6.54 Å². The van der Waals surface area contributed by atoms with Crippen molar-refractivity contribution in [2.24, 2.45) is 0 Å². The maximum atomic E-state index is 12.0. The number of rotatable bonds is 6. The Morgan fingerprint density at radius 2 is 2.06 bits per heavy atom. The quantitative estimate of drug-likeness (QED) is 0.788. The van der Waals surface area contributed by atoms with Gasteiger partial charge in [-0.05, 0) is 37.6 Å². The van der Waals surface area contributed by atoms with Crippen LogP contribution in [0.15, 0.2) is 24.3 Å². The van der Waals surface area contributed by atoms with Crippen LogP contribution in [-0.2, 0) is 0 Å². The fraction of sp³-hybridized carbons (Fsp3) is 0.538. The third-order valence-electron chi connectivity index (χ3n) is 2.68. The molecule has 18 heavy (non-hydrogen) atoms. The van der Waals surface area contributed by atoms with E-state index in [0.717, 1.165) is 11.3 Å². The fourth-order valence-corrected chi connectivity index (χ4v) is 1.64. The highest BCUT2D eigenvalue weighted by atomic mass is 19.4. The van der Waals surface area contributed by atoms with Gasteiger partial charge in [-0.3, -0.25) is 0 Å². The van der Waals surface area contributed by atoms with E-state index in [1.807, 2.05) is 31.2 Å². The second kappa shape index (κ2) is 6.64. The van der Waals surface area contributed by atoms with Gasteiger partial charge in [-0.2, -0.15) is 13.2 Å². The predicted molar refractivity (Wildman–Crippen MR) is 64.7 cm³/mol. The van der Waals surface area contributed by atoms with E-state index in [1.54, 1.807) is 7.11 Å². The summed E-state index contributed by atoms with van der Waals surface area (Å²) in [6, 6.07) is 7.50. The molecule has 0 heterocycles. The van der Waals surface area contributed by atoms with Crippen molar-refractivity contribution >= 4 is 0 Å². The van der Waals surface area contributed by atoms with Gasteiger partial charge >= 0.3 is 6.18 Å². The molecule has 1 unspecified atom stereocenters. The van der Waals surface area contributed by atoms with Crippen molar-refractivity contribution in [1.29, 1.82) is 0 Å². The second-order valence-corrected chi connectivity index (χ2v) is 4.17. The van der Waals surface area contributed by atoms with Crippen molar-refractivity contribution in [3.05, 3.63) is 29.8 Å². The van der Waals surface area contributed by atoms with Crippen LogP contribution in [0.25, 0.3) is 0 Å². The molecule has 1 atom stereocenters. The largest absolute Gasteiger partial charge is 0.497 e. The number of methoxy groups -OCH3 is 1. The minimum Gasteiger partial charge on any atom is -0.497 e. The van der Waals surface area contributed by atoms with Crippen LogP contribution in [0.1, 0.15) is 31.4 Å². The van der Waals surface area contributed by atoms with Crippen LogP contribution >= 0.6 is 0 Å². The summed E-state index contributed by atoms with van der Waals surface area (Å²) in [5.41, 5.74) is 1.00. The lowest BCUT2D eigenvalue weighted by Gasteiger charge is -2.15. The Morgan fingerprint density at radius 3 is 2.67 bits per heavy atom. The molecule has 0 aliphatic carbocycles. The number of nitrogens with one attached hydrogen (secondary N) is 1. The number of hydrogen-bond donors (Lipinski definition) is 1. The zero-order valence-corrected chi connectivity index (χ0v) is 10.6. The highest BCUT2D eigenvalue weighted by Crippen LogP contribution is 2.22. The minimum absolute atomic E-state index is 0.00772. The average molecular weight is 261 g/mol. The van der Waals surface area contributed by atoms with Gasteiger partial charge in [0.2, 0.25) is 0 Å². The van der Waals surface area contributed by atoms with Gasteiger partial charge in [-0.15, -0.1) is 0 Å². The zero-order valence-electron chi connectivity index (χ0n) is 10.6. The van der Waals surface area contributed by atoms with Crippen molar-refractivity contribution < 1.29 is 17.9 Å². The number of alkyl halides is 3. The summed E-state index contributed by atoms with van der Waals surface area (Å²) in [5, 5.41) is 3.07. The molecule has 0 spiro atoms. The van der Waals surface area contributed by atoms with Crippen molar-refractivity contribution in [2.45, 2.75) is 32.0 Å². The molecule has 0 radical (unpaired) electrons. The number of halogens is 3. The normalized spacial score (nSPS) is 13.4. The number of benzene rings is 1. The van der Waals surface area contributed by atoms with Crippen LogP contribution in [0.2, 0.25) is 0 Å². The van der Waals surface area contributed by atoms with Gasteiger partial charge in [0.25, 0.3) is 0 Å². The van der Waals surface area contributed by atoms with Crippen LogP contribution in [0, 0.1) is 0 Å². The summed E-state index contributed by atoms with van der Waals surface area (Å²) in [6.07, 6.45) is -4.72. The SMILES string of the molecule is COc1cccc(C(C)NCCCC(F)(F)F)c1. The molecule has 1 N–H and O–H groups in total. The molecule has 1 rings (SSSR count). The molecule has 0 aliphatic heterocycles. The molecule has 0 amide bonds. The van der Waals surface area contributed by atoms with E-state index in [9.17, 15) is 13.2 Å². The van der Waals surface area contributed by atoms with Gasteiger partial charge in [-0.1, -0.05) is 12.1 Å². The van der Waals surface area contributed by atoms with Crippen molar-refractivity contribution in [3.8, 4) is 5.75 Å². The Labute approximate surface area is 105 Å². The van der Waals surface area contributed by atoms with Crippen molar-refractivity contribution in [3.63, 3.8) is 0 Å². The van der Waals surface area contributed by atoms with Crippen LogP contribution in [-0.4, -0.2) is 19.8 Å². The second-order valence-electron chi connectivity index (χ2n) is 4.17. The predicted octanol–water partition coefficient (Wildman–Crippen LogP) is 3.69. The van der Waals surface area contributed by atoms with E-state index in [2.05, 4.69) is 5.32 Å². The van der Waals surface area contributed by atoms with E-state index < -0.39 is 12.6 Å². The fourth-order valence-electron chi connectivity index (χ4n) is 1.64. The van der Waals surface area contributed by atoms with Crippen LogP contribution in [0.4, 0.5) is 13.2 Å². The third kappa shape index (κ3) is 5.40. The van der Waals surface area contributed by atoms with Crippen LogP contribution in [0.3, 0.4) is 0 Å². The van der Waals surface area contributed by atoms with E-state index in [-0.39, 0.29) is 12.5 Å². The molecule has 0 aromatic heterocycles. The van der Waals surface area contributed by atoms with Gasteiger partial charge in [0.05, 0.1) is 7.11 Å². The third-order valence-corrected chi connectivity index (χ3v) is 2.68. The molecule has 0 saturated heterocycles. The molecule has 102 valence electrons. The van der Waals surface area contributed by atoms with Crippen LogP contribution in [0.5, 0.6) is 5.75 Å². The highest BCUT2D eigenvalue weighted by Gasteiger charge is 2.25. The lowest BCUT2D eigenvalue weighted by atomic mass is 10.1. The Morgan fingerprint density at radius 1 is 1.33 bits per heavy atom. The lowest BCUT2D eigenvalue weighted by Crippen LogP contribution is -2.21. The Hall–Kier alpha value is -1.23. The first-order valence-corrected chi connectivity index (χ1v) is 5.86. The Balaban J connectivity index is 2.38. The summed E-state index contributed by atoms with van der Waals surface area (Å²) in [7, 11) is 1.58. The monoisotopic (exact) mass is 261 g/mol.